The quantitative estimate of drug-likeness (QED) is 0.846. The van der Waals surface area contributed by atoms with Crippen LogP contribution in [0.4, 0.5) is 0 Å². The molecular formula is C10H9Br2N3. The van der Waals surface area contributed by atoms with E-state index in [1.807, 2.05) is 23.7 Å². The number of aromatic nitrogens is 3. The first-order valence-corrected chi connectivity index (χ1v) is 6.05. The zero-order chi connectivity index (χ0) is 10.8. The molecule has 1 aromatic heterocycles. The number of aryl methyl sites for hydroxylation is 1. The highest BCUT2D eigenvalue weighted by molar-refractivity contribution is 9.10. The van der Waals surface area contributed by atoms with E-state index < -0.39 is 0 Å². The second-order valence-electron chi connectivity index (χ2n) is 3.25. The summed E-state index contributed by atoms with van der Waals surface area (Å²) in [6, 6.07) is 8.17. The normalized spacial score (nSPS) is 10.6. The Bertz CT molecular complexity index is 462. The summed E-state index contributed by atoms with van der Waals surface area (Å²) < 4.78 is 3.85. The monoisotopic (exact) mass is 329 g/mol. The van der Waals surface area contributed by atoms with Gasteiger partial charge >= 0.3 is 0 Å². The molecule has 0 amide bonds. The molecule has 3 nitrogen and oxygen atoms in total. The maximum Gasteiger partial charge on any atom is 0.127 e. The van der Waals surface area contributed by atoms with E-state index in [1.54, 1.807) is 0 Å². The van der Waals surface area contributed by atoms with Gasteiger partial charge in [-0.2, -0.15) is 0 Å². The Morgan fingerprint density at radius 2 is 1.87 bits per heavy atom. The van der Waals surface area contributed by atoms with Crippen LogP contribution in [0, 0.1) is 6.92 Å². The second kappa shape index (κ2) is 4.45. The van der Waals surface area contributed by atoms with Crippen LogP contribution in [0.15, 0.2) is 33.3 Å². The molecule has 0 N–H and O–H groups in total. The van der Waals surface area contributed by atoms with E-state index in [2.05, 4.69) is 54.3 Å². The number of benzene rings is 1. The summed E-state index contributed by atoms with van der Waals surface area (Å²) in [5, 5.41) is 8.03. The van der Waals surface area contributed by atoms with Gasteiger partial charge in [-0.05, 0) is 40.5 Å². The van der Waals surface area contributed by atoms with E-state index >= 15 is 0 Å². The van der Waals surface area contributed by atoms with Gasteiger partial charge in [-0.1, -0.05) is 33.3 Å². The highest BCUT2D eigenvalue weighted by atomic mass is 79.9. The first-order valence-electron chi connectivity index (χ1n) is 4.47. The van der Waals surface area contributed by atoms with Gasteiger partial charge in [0.1, 0.15) is 4.60 Å². The van der Waals surface area contributed by atoms with Gasteiger partial charge < -0.3 is 0 Å². The maximum absolute atomic E-state index is 4.04. The third kappa shape index (κ3) is 2.46. The van der Waals surface area contributed by atoms with Gasteiger partial charge in [-0.25, -0.2) is 4.68 Å². The lowest BCUT2D eigenvalue weighted by atomic mass is 10.2. The summed E-state index contributed by atoms with van der Waals surface area (Å²) in [4.78, 5) is 0. The molecule has 0 aliphatic heterocycles. The molecule has 0 bridgehead atoms. The fourth-order valence-corrected chi connectivity index (χ4v) is 1.79. The van der Waals surface area contributed by atoms with Gasteiger partial charge in [0.2, 0.25) is 0 Å². The first kappa shape index (κ1) is 10.8. The van der Waals surface area contributed by atoms with Crippen molar-refractivity contribution in [3.63, 3.8) is 0 Å². The predicted octanol–water partition coefficient (Wildman–Crippen LogP) is 3.16. The highest BCUT2D eigenvalue weighted by Crippen LogP contribution is 2.16. The van der Waals surface area contributed by atoms with E-state index in [0.29, 0.717) is 0 Å². The number of hydrogen-bond acceptors (Lipinski definition) is 2. The van der Waals surface area contributed by atoms with Crippen LogP contribution in [-0.4, -0.2) is 15.0 Å². The molecule has 1 aromatic carbocycles. The Labute approximate surface area is 105 Å². The van der Waals surface area contributed by atoms with E-state index in [1.165, 1.54) is 5.56 Å². The van der Waals surface area contributed by atoms with Crippen LogP contribution in [0.2, 0.25) is 0 Å². The summed E-state index contributed by atoms with van der Waals surface area (Å²) in [6.45, 7) is 2.66. The number of rotatable bonds is 2. The molecule has 78 valence electrons. The Balaban J connectivity index is 2.22. The smallest absolute Gasteiger partial charge is 0.127 e. The molecule has 1 heterocycles. The van der Waals surface area contributed by atoms with Gasteiger partial charge in [-0.3, -0.25) is 0 Å². The molecule has 0 saturated heterocycles. The Morgan fingerprint density at radius 1 is 1.20 bits per heavy atom. The maximum atomic E-state index is 4.04. The van der Waals surface area contributed by atoms with Gasteiger partial charge in [-0.15, -0.1) is 5.10 Å². The Morgan fingerprint density at radius 3 is 2.40 bits per heavy atom. The standard InChI is InChI=1S/C10H9Br2N3/c1-7-10(12)15(14-13-7)6-8-2-4-9(11)5-3-8/h2-5H,6H2,1H3. The van der Waals surface area contributed by atoms with Gasteiger partial charge in [0.25, 0.3) is 0 Å². The first-order chi connectivity index (χ1) is 7.16. The minimum atomic E-state index is 0.731. The Kier molecular flexibility index (Phi) is 3.21. The number of hydrogen-bond donors (Lipinski definition) is 0. The van der Waals surface area contributed by atoms with E-state index in [0.717, 1.165) is 21.3 Å². The minimum absolute atomic E-state index is 0.731. The van der Waals surface area contributed by atoms with Crippen molar-refractivity contribution in [3.8, 4) is 0 Å². The van der Waals surface area contributed by atoms with E-state index in [9.17, 15) is 0 Å². The third-order valence-electron chi connectivity index (χ3n) is 2.07. The molecule has 0 spiro atoms. The molecule has 0 aliphatic carbocycles. The fourth-order valence-electron chi connectivity index (χ4n) is 1.25. The summed E-state index contributed by atoms with van der Waals surface area (Å²) in [5.41, 5.74) is 2.11. The molecule has 0 atom stereocenters. The number of nitrogens with zero attached hydrogens (tertiary/aromatic N) is 3. The summed E-state index contributed by atoms with van der Waals surface area (Å²) in [5.74, 6) is 0. The second-order valence-corrected chi connectivity index (χ2v) is 4.92. The molecule has 5 heteroatoms. The van der Waals surface area contributed by atoms with Crippen molar-refractivity contribution in [2.75, 3.05) is 0 Å². The topological polar surface area (TPSA) is 30.7 Å². The SMILES string of the molecule is Cc1nnn(Cc2ccc(Br)cc2)c1Br. The lowest BCUT2D eigenvalue weighted by Crippen LogP contribution is -2.02. The van der Waals surface area contributed by atoms with E-state index in [4.69, 9.17) is 0 Å². The third-order valence-corrected chi connectivity index (χ3v) is 3.59. The van der Waals surface area contributed by atoms with Crippen LogP contribution < -0.4 is 0 Å². The van der Waals surface area contributed by atoms with Crippen molar-refractivity contribution in [3.05, 3.63) is 44.6 Å². The average Bonchev–Trinajstić information content (AvgIpc) is 2.53. The molecule has 2 rings (SSSR count). The van der Waals surface area contributed by atoms with Crippen LogP contribution >= 0.6 is 31.9 Å². The van der Waals surface area contributed by atoms with Crippen molar-refractivity contribution >= 4 is 31.9 Å². The van der Waals surface area contributed by atoms with Gasteiger partial charge in [0.15, 0.2) is 0 Å². The molecule has 0 radical (unpaired) electrons. The van der Waals surface area contributed by atoms with Gasteiger partial charge in [0.05, 0.1) is 12.2 Å². The largest absolute Gasteiger partial charge is 0.234 e. The molecule has 0 saturated carbocycles. The minimum Gasteiger partial charge on any atom is -0.234 e. The lowest BCUT2D eigenvalue weighted by molar-refractivity contribution is 0.638. The molecule has 15 heavy (non-hydrogen) atoms. The van der Waals surface area contributed by atoms with Crippen LogP contribution in [-0.2, 0) is 6.54 Å². The lowest BCUT2D eigenvalue weighted by Gasteiger charge is -2.02. The summed E-state index contributed by atoms with van der Waals surface area (Å²) in [6.07, 6.45) is 0. The van der Waals surface area contributed by atoms with Crippen LogP contribution in [0.25, 0.3) is 0 Å². The van der Waals surface area contributed by atoms with E-state index in [-0.39, 0.29) is 0 Å². The van der Waals surface area contributed by atoms with Crippen molar-refractivity contribution in [2.45, 2.75) is 13.5 Å². The van der Waals surface area contributed by atoms with Gasteiger partial charge in [0, 0.05) is 4.47 Å². The molecule has 0 fully saturated rings. The average molecular weight is 331 g/mol. The number of halogens is 2. The molecular weight excluding hydrogens is 322 g/mol. The summed E-state index contributed by atoms with van der Waals surface area (Å²) in [7, 11) is 0. The zero-order valence-corrected chi connectivity index (χ0v) is 11.3. The Hall–Kier alpha value is -0.680. The predicted molar refractivity (Wildman–Crippen MR) is 65.7 cm³/mol. The fraction of sp³-hybridized carbons (Fsp3) is 0.200. The van der Waals surface area contributed by atoms with Crippen LogP contribution in [0.5, 0.6) is 0 Å². The van der Waals surface area contributed by atoms with Crippen molar-refractivity contribution in [1.29, 1.82) is 0 Å². The highest BCUT2D eigenvalue weighted by Gasteiger charge is 2.05. The zero-order valence-electron chi connectivity index (χ0n) is 8.11. The van der Waals surface area contributed by atoms with Crippen molar-refractivity contribution in [2.24, 2.45) is 0 Å². The summed E-state index contributed by atoms with van der Waals surface area (Å²) >= 11 is 6.86. The van der Waals surface area contributed by atoms with Crippen LogP contribution in [0.3, 0.4) is 0 Å². The van der Waals surface area contributed by atoms with Crippen LogP contribution in [0.1, 0.15) is 11.3 Å². The van der Waals surface area contributed by atoms with Crippen molar-refractivity contribution in [1.82, 2.24) is 15.0 Å². The molecule has 0 unspecified atom stereocenters. The molecule has 0 aliphatic rings. The van der Waals surface area contributed by atoms with Crippen molar-refractivity contribution < 1.29 is 0 Å². The molecule has 2 aromatic rings.